The van der Waals surface area contributed by atoms with Crippen LogP contribution in [0.3, 0.4) is 0 Å². The van der Waals surface area contributed by atoms with E-state index in [1.165, 1.54) is 10.9 Å². The molecule has 2 rings (SSSR count). The van der Waals surface area contributed by atoms with Crippen molar-refractivity contribution >= 4 is 11.9 Å². The predicted octanol–water partition coefficient (Wildman–Crippen LogP) is -1.02. The monoisotopic (exact) mass is 267 g/mol. The number of carboxylic acid groups (broad SMARTS) is 1. The fourth-order valence-electron chi connectivity index (χ4n) is 2.03. The smallest absolute Gasteiger partial charge is 0.325 e. The third-order valence-corrected chi connectivity index (χ3v) is 2.99. The Kier molecular flexibility index (Phi) is 4.45. The van der Waals surface area contributed by atoms with Gasteiger partial charge in [-0.3, -0.25) is 9.59 Å². The number of carbonyl (C=O) groups is 2. The molecule has 0 aliphatic carbocycles. The van der Waals surface area contributed by atoms with Gasteiger partial charge in [0.05, 0.1) is 18.7 Å². The molecule has 1 aliphatic heterocycles. The summed E-state index contributed by atoms with van der Waals surface area (Å²) in [5.41, 5.74) is 0.554. The minimum absolute atomic E-state index is 0.0000143. The lowest BCUT2D eigenvalue weighted by molar-refractivity contribution is -0.138. The highest BCUT2D eigenvalue weighted by molar-refractivity contribution is 5.78. The van der Waals surface area contributed by atoms with Crippen LogP contribution >= 0.6 is 0 Å². The van der Waals surface area contributed by atoms with E-state index in [9.17, 15) is 9.59 Å². The van der Waals surface area contributed by atoms with Gasteiger partial charge in [-0.2, -0.15) is 0 Å². The Hall–Kier alpha value is -1.96. The second kappa shape index (κ2) is 6.28. The molecule has 1 aliphatic rings. The molecule has 0 unspecified atom stereocenters. The zero-order valence-electron chi connectivity index (χ0n) is 10.5. The van der Waals surface area contributed by atoms with E-state index in [0.717, 1.165) is 19.4 Å². The summed E-state index contributed by atoms with van der Waals surface area (Å²) in [6.07, 6.45) is 3.42. The van der Waals surface area contributed by atoms with Crippen molar-refractivity contribution in [3.63, 3.8) is 0 Å². The van der Waals surface area contributed by atoms with Crippen molar-refractivity contribution in [1.29, 1.82) is 0 Å². The van der Waals surface area contributed by atoms with Gasteiger partial charge >= 0.3 is 5.97 Å². The van der Waals surface area contributed by atoms with Crippen LogP contribution in [0.1, 0.15) is 18.5 Å². The lowest BCUT2D eigenvalue weighted by atomic mass is 9.99. The van der Waals surface area contributed by atoms with Crippen LogP contribution < -0.4 is 10.6 Å². The van der Waals surface area contributed by atoms with E-state index in [0.29, 0.717) is 12.2 Å². The van der Waals surface area contributed by atoms with Crippen LogP contribution in [0, 0.1) is 5.92 Å². The summed E-state index contributed by atoms with van der Waals surface area (Å²) in [6.45, 7) is 1.72. The minimum Gasteiger partial charge on any atom is -0.480 e. The molecule has 19 heavy (non-hydrogen) atoms. The lowest BCUT2D eigenvalue weighted by Crippen LogP contribution is -2.40. The number of nitrogens with one attached hydrogen (secondary N) is 2. The number of aromatic nitrogens is 3. The van der Waals surface area contributed by atoms with Gasteiger partial charge in [0.15, 0.2) is 0 Å². The summed E-state index contributed by atoms with van der Waals surface area (Å²) in [4.78, 5) is 22.3. The Morgan fingerprint density at radius 3 is 3.11 bits per heavy atom. The van der Waals surface area contributed by atoms with Crippen LogP contribution in [0.2, 0.25) is 0 Å². The zero-order chi connectivity index (χ0) is 13.7. The maximum atomic E-state index is 11.9. The molecule has 0 aromatic carbocycles. The van der Waals surface area contributed by atoms with Gasteiger partial charge in [0.1, 0.15) is 12.2 Å². The van der Waals surface area contributed by atoms with Crippen molar-refractivity contribution < 1.29 is 14.7 Å². The van der Waals surface area contributed by atoms with Crippen LogP contribution in [-0.4, -0.2) is 45.1 Å². The van der Waals surface area contributed by atoms with Crippen molar-refractivity contribution in [3.05, 3.63) is 11.9 Å². The fraction of sp³-hybridized carbons (Fsp3) is 0.636. The van der Waals surface area contributed by atoms with Crippen LogP contribution in [0.4, 0.5) is 0 Å². The van der Waals surface area contributed by atoms with Gasteiger partial charge < -0.3 is 15.7 Å². The first-order valence-electron chi connectivity index (χ1n) is 6.24. The molecule has 1 saturated heterocycles. The van der Waals surface area contributed by atoms with Crippen molar-refractivity contribution in [2.45, 2.75) is 25.9 Å². The Labute approximate surface area is 110 Å². The number of amides is 1. The van der Waals surface area contributed by atoms with Gasteiger partial charge in [-0.05, 0) is 19.4 Å². The standard InChI is InChI=1S/C11H17N5O3/c17-10(18)7-16-6-9(14-15-16)5-13-11(19)8-2-1-3-12-4-8/h6,8,12H,1-5,7H2,(H,13,19)(H,17,18)/t8-/m0/s1. The number of hydrogen-bond acceptors (Lipinski definition) is 5. The van der Waals surface area contributed by atoms with Gasteiger partial charge in [-0.1, -0.05) is 5.21 Å². The summed E-state index contributed by atoms with van der Waals surface area (Å²) in [6, 6.07) is 0. The molecule has 0 radical (unpaired) electrons. The van der Waals surface area contributed by atoms with Crippen LogP contribution in [0.5, 0.6) is 0 Å². The highest BCUT2D eigenvalue weighted by Gasteiger charge is 2.20. The highest BCUT2D eigenvalue weighted by Crippen LogP contribution is 2.09. The molecule has 1 fully saturated rings. The molecular formula is C11H17N5O3. The number of aliphatic carboxylic acids is 1. The molecule has 104 valence electrons. The van der Waals surface area contributed by atoms with Crippen molar-refractivity contribution in [2.24, 2.45) is 5.92 Å². The quantitative estimate of drug-likeness (QED) is 0.630. The summed E-state index contributed by atoms with van der Waals surface area (Å²) in [5.74, 6) is -0.975. The Bertz CT molecular complexity index is 453. The van der Waals surface area contributed by atoms with E-state index in [-0.39, 0.29) is 24.9 Å². The second-order valence-electron chi connectivity index (χ2n) is 4.56. The molecule has 1 aromatic rings. The van der Waals surface area contributed by atoms with Gasteiger partial charge in [0, 0.05) is 6.54 Å². The fourth-order valence-corrected chi connectivity index (χ4v) is 2.03. The molecule has 2 heterocycles. The average Bonchev–Trinajstić information content (AvgIpc) is 2.84. The van der Waals surface area contributed by atoms with E-state index in [4.69, 9.17) is 5.11 Å². The first kappa shape index (κ1) is 13.5. The van der Waals surface area contributed by atoms with Crippen LogP contribution in [0.15, 0.2) is 6.20 Å². The Morgan fingerprint density at radius 2 is 2.42 bits per heavy atom. The molecule has 3 N–H and O–H groups in total. The van der Waals surface area contributed by atoms with Gasteiger partial charge in [0.25, 0.3) is 0 Å². The molecule has 1 aromatic heterocycles. The van der Waals surface area contributed by atoms with E-state index in [2.05, 4.69) is 20.9 Å². The van der Waals surface area contributed by atoms with E-state index in [1.54, 1.807) is 0 Å². The number of carbonyl (C=O) groups excluding carboxylic acids is 1. The summed E-state index contributed by atoms with van der Waals surface area (Å²) in [5, 5.41) is 22.0. The SMILES string of the molecule is O=C(O)Cn1cc(CNC(=O)[C@H]2CCCNC2)nn1. The third-order valence-electron chi connectivity index (χ3n) is 2.99. The Balaban J connectivity index is 1.79. The topological polar surface area (TPSA) is 109 Å². The highest BCUT2D eigenvalue weighted by atomic mass is 16.4. The summed E-state index contributed by atoms with van der Waals surface area (Å²) in [7, 11) is 0. The first-order chi connectivity index (χ1) is 9.15. The minimum atomic E-state index is -0.978. The second-order valence-corrected chi connectivity index (χ2v) is 4.56. The number of hydrogen-bond donors (Lipinski definition) is 3. The normalized spacial score (nSPS) is 19.1. The molecule has 8 nitrogen and oxygen atoms in total. The van der Waals surface area contributed by atoms with E-state index < -0.39 is 5.97 Å². The predicted molar refractivity (Wildman–Crippen MR) is 65.1 cm³/mol. The van der Waals surface area contributed by atoms with Gasteiger partial charge in [-0.15, -0.1) is 5.10 Å². The number of carboxylic acids is 1. The van der Waals surface area contributed by atoms with Crippen LogP contribution in [-0.2, 0) is 22.7 Å². The van der Waals surface area contributed by atoms with Crippen LogP contribution in [0.25, 0.3) is 0 Å². The molecule has 0 saturated carbocycles. The van der Waals surface area contributed by atoms with Gasteiger partial charge in [-0.25, -0.2) is 4.68 Å². The van der Waals surface area contributed by atoms with E-state index >= 15 is 0 Å². The first-order valence-corrected chi connectivity index (χ1v) is 6.24. The maximum absolute atomic E-state index is 11.9. The number of rotatable bonds is 5. The zero-order valence-corrected chi connectivity index (χ0v) is 10.5. The molecular weight excluding hydrogens is 250 g/mol. The average molecular weight is 267 g/mol. The largest absolute Gasteiger partial charge is 0.480 e. The molecule has 8 heteroatoms. The van der Waals surface area contributed by atoms with Crippen molar-refractivity contribution in [2.75, 3.05) is 13.1 Å². The molecule has 1 amide bonds. The maximum Gasteiger partial charge on any atom is 0.325 e. The lowest BCUT2D eigenvalue weighted by Gasteiger charge is -2.21. The van der Waals surface area contributed by atoms with Crippen molar-refractivity contribution in [3.8, 4) is 0 Å². The molecule has 1 atom stereocenters. The third kappa shape index (κ3) is 4.02. The van der Waals surface area contributed by atoms with Gasteiger partial charge in [0.2, 0.25) is 5.91 Å². The Morgan fingerprint density at radius 1 is 1.58 bits per heavy atom. The summed E-state index contributed by atoms with van der Waals surface area (Å²) < 4.78 is 1.23. The summed E-state index contributed by atoms with van der Waals surface area (Å²) >= 11 is 0. The molecule has 0 spiro atoms. The van der Waals surface area contributed by atoms with E-state index in [1.807, 2.05) is 0 Å². The van der Waals surface area contributed by atoms with Crippen molar-refractivity contribution in [1.82, 2.24) is 25.6 Å². The number of piperidine rings is 1. The molecule has 0 bridgehead atoms. The number of nitrogens with zero attached hydrogens (tertiary/aromatic N) is 3.